The molecule has 5 unspecified atom stereocenters. The molecule has 0 saturated carbocycles. The zero-order valence-corrected chi connectivity index (χ0v) is 23.7. The number of aliphatic hydroxyl groups excluding tert-OH is 5. The van der Waals surface area contributed by atoms with Crippen LogP contribution in [0.25, 0.3) is 0 Å². The van der Waals surface area contributed by atoms with Crippen LogP contribution >= 0.6 is 0 Å². The number of aliphatic hydroxyl groups is 5. The van der Waals surface area contributed by atoms with Crippen molar-refractivity contribution in [1.82, 2.24) is 0 Å². The van der Waals surface area contributed by atoms with Gasteiger partial charge in [-0.15, -0.1) is 0 Å². The van der Waals surface area contributed by atoms with Gasteiger partial charge in [0.1, 0.15) is 42.7 Å². The van der Waals surface area contributed by atoms with E-state index in [1.54, 1.807) is 14.0 Å². The zero-order valence-electron chi connectivity index (χ0n) is 23.7. The van der Waals surface area contributed by atoms with Crippen molar-refractivity contribution >= 4 is 0 Å². The molecule has 3 aliphatic rings. The Bertz CT molecular complexity index is 685. The number of hydrogen-bond donors (Lipinski definition) is 5. The highest BCUT2D eigenvalue weighted by atomic mass is 16.7. The lowest BCUT2D eigenvalue weighted by atomic mass is 9.97. The Morgan fingerprint density at radius 2 is 1.59 bits per heavy atom. The molecule has 3 rings (SSSR count). The van der Waals surface area contributed by atoms with Gasteiger partial charge in [-0.05, 0) is 39.0 Å². The molecule has 0 spiro atoms. The average molecular weight is 567 g/mol. The molecule has 5 N–H and O–H groups in total. The molecule has 12 heteroatoms. The van der Waals surface area contributed by atoms with Gasteiger partial charge in [0.15, 0.2) is 12.6 Å². The highest BCUT2D eigenvalue weighted by Gasteiger charge is 2.50. The summed E-state index contributed by atoms with van der Waals surface area (Å²) in [6.45, 7) is 5.93. The monoisotopic (exact) mass is 566 g/mol. The molecule has 3 saturated heterocycles. The standard InChI is InChI=1S/C27H50O12/c1-5-7-11-18(17(6-2)37-26-23(32)22(31)20(29)15(3)35-26)38-27-25-24(21(30)19(13-28)39-27)36-16(14-33-4)10-8-9-12-34-25/h15-32H,5-14H2,1-4H3/t15?,16-,17-,18-,19?,20-,21+,22?,23+,24?,25?,26+,27-/m1/s1. The van der Waals surface area contributed by atoms with Crippen molar-refractivity contribution in [1.29, 1.82) is 0 Å². The van der Waals surface area contributed by atoms with Crippen LogP contribution in [0.2, 0.25) is 0 Å². The smallest absolute Gasteiger partial charge is 0.187 e. The Morgan fingerprint density at radius 1 is 0.846 bits per heavy atom. The summed E-state index contributed by atoms with van der Waals surface area (Å²) in [7, 11) is 1.60. The van der Waals surface area contributed by atoms with Crippen LogP contribution in [-0.2, 0) is 33.2 Å². The van der Waals surface area contributed by atoms with Crippen molar-refractivity contribution in [3.05, 3.63) is 0 Å². The van der Waals surface area contributed by atoms with E-state index in [2.05, 4.69) is 6.92 Å². The maximum Gasteiger partial charge on any atom is 0.187 e. The first-order valence-electron chi connectivity index (χ1n) is 14.5. The SMILES string of the molecule is CCCC[C@@H](O[C@@H]1OC(CO)[C@H](O)C2O[C@@H](COC)CCCCOC21)[C@@H](CC)O[C@@H]1OC(C)[C@@H](O)C(O)[C@@H]1O. The largest absolute Gasteiger partial charge is 0.394 e. The number of rotatable bonds is 12. The van der Waals surface area contributed by atoms with E-state index in [1.165, 1.54) is 0 Å². The van der Waals surface area contributed by atoms with Crippen LogP contribution in [0.5, 0.6) is 0 Å². The van der Waals surface area contributed by atoms with Crippen LogP contribution in [0, 0.1) is 0 Å². The van der Waals surface area contributed by atoms with Crippen molar-refractivity contribution < 1.29 is 58.7 Å². The Kier molecular flexibility index (Phi) is 13.7. The fourth-order valence-electron chi connectivity index (χ4n) is 5.44. The van der Waals surface area contributed by atoms with Gasteiger partial charge in [0.2, 0.25) is 0 Å². The molecule has 0 aromatic rings. The predicted molar refractivity (Wildman–Crippen MR) is 138 cm³/mol. The molecule has 230 valence electrons. The van der Waals surface area contributed by atoms with Crippen LogP contribution in [-0.4, -0.2) is 132 Å². The molecule has 0 bridgehead atoms. The first kappa shape index (κ1) is 33.0. The van der Waals surface area contributed by atoms with E-state index in [9.17, 15) is 25.5 Å². The molecule has 0 aromatic carbocycles. The number of ether oxygens (including phenoxy) is 7. The molecule has 0 amide bonds. The van der Waals surface area contributed by atoms with E-state index in [4.69, 9.17) is 33.2 Å². The number of fused-ring (bicyclic) bond motifs is 1. The van der Waals surface area contributed by atoms with Crippen molar-refractivity contribution in [2.75, 3.05) is 26.9 Å². The van der Waals surface area contributed by atoms with Gasteiger partial charge in [0, 0.05) is 13.7 Å². The Morgan fingerprint density at radius 3 is 2.26 bits per heavy atom. The lowest BCUT2D eigenvalue weighted by Crippen LogP contribution is -2.62. The van der Waals surface area contributed by atoms with Crippen molar-refractivity contribution in [2.45, 2.75) is 145 Å². The van der Waals surface area contributed by atoms with Crippen molar-refractivity contribution in [3.8, 4) is 0 Å². The summed E-state index contributed by atoms with van der Waals surface area (Å²) in [5.41, 5.74) is 0. The summed E-state index contributed by atoms with van der Waals surface area (Å²) < 4.78 is 42.2. The normalized spacial score (nSPS) is 41.6. The van der Waals surface area contributed by atoms with Gasteiger partial charge in [0.05, 0.1) is 37.6 Å². The first-order chi connectivity index (χ1) is 18.7. The van der Waals surface area contributed by atoms with Gasteiger partial charge >= 0.3 is 0 Å². The Hall–Kier alpha value is -0.480. The zero-order chi connectivity index (χ0) is 28.5. The van der Waals surface area contributed by atoms with E-state index in [0.29, 0.717) is 26.1 Å². The van der Waals surface area contributed by atoms with E-state index >= 15 is 0 Å². The molecule has 0 aromatic heterocycles. The minimum absolute atomic E-state index is 0.256. The minimum atomic E-state index is -1.44. The molecule has 13 atom stereocenters. The lowest BCUT2D eigenvalue weighted by Gasteiger charge is -2.46. The van der Waals surface area contributed by atoms with Crippen LogP contribution in [0.4, 0.5) is 0 Å². The highest BCUT2D eigenvalue weighted by molar-refractivity contribution is 4.94. The van der Waals surface area contributed by atoms with Crippen molar-refractivity contribution in [2.24, 2.45) is 0 Å². The van der Waals surface area contributed by atoms with Gasteiger partial charge in [-0.2, -0.15) is 0 Å². The molecule has 3 aliphatic heterocycles. The van der Waals surface area contributed by atoms with Gasteiger partial charge in [-0.25, -0.2) is 0 Å². The van der Waals surface area contributed by atoms with Crippen LogP contribution in [0.1, 0.15) is 65.7 Å². The van der Waals surface area contributed by atoms with Gasteiger partial charge in [-0.1, -0.05) is 26.7 Å². The third-order valence-electron chi connectivity index (χ3n) is 7.82. The Labute approximate surface area is 231 Å². The van der Waals surface area contributed by atoms with Gasteiger partial charge in [-0.3, -0.25) is 0 Å². The second kappa shape index (κ2) is 16.2. The number of hydrogen-bond acceptors (Lipinski definition) is 12. The topological polar surface area (TPSA) is 166 Å². The first-order valence-corrected chi connectivity index (χ1v) is 14.5. The molecule has 3 fully saturated rings. The average Bonchev–Trinajstić information content (AvgIpc) is 3.03. The number of methoxy groups -OCH3 is 1. The van der Waals surface area contributed by atoms with E-state index in [1.807, 2.05) is 6.92 Å². The highest BCUT2D eigenvalue weighted by Crippen LogP contribution is 2.33. The van der Waals surface area contributed by atoms with E-state index in [-0.39, 0.29) is 6.10 Å². The summed E-state index contributed by atoms with van der Waals surface area (Å²) in [5.74, 6) is 0. The van der Waals surface area contributed by atoms with Gasteiger partial charge < -0.3 is 58.7 Å². The molecular weight excluding hydrogens is 516 g/mol. The third kappa shape index (κ3) is 8.52. The fraction of sp³-hybridized carbons (Fsp3) is 1.00. The summed E-state index contributed by atoms with van der Waals surface area (Å²) in [5, 5.41) is 51.9. The predicted octanol–water partition coefficient (Wildman–Crippen LogP) is 0.232. The van der Waals surface area contributed by atoms with Crippen LogP contribution in [0.3, 0.4) is 0 Å². The van der Waals surface area contributed by atoms with E-state index < -0.39 is 80.2 Å². The maximum atomic E-state index is 11.0. The third-order valence-corrected chi connectivity index (χ3v) is 7.82. The van der Waals surface area contributed by atoms with Crippen LogP contribution in [0.15, 0.2) is 0 Å². The molecule has 0 aliphatic carbocycles. The fourth-order valence-corrected chi connectivity index (χ4v) is 5.44. The van der Waals surface area contributed by atoms with Gasteiger partial charge in [0.25, 0.3) is 0 Å². The van der Waals surface area contributed by atoms with Crippen molar-refractivity contribution in [3.63, 3.8) is 0 Å². The molecule has 12 nitrogen and oxygen atoms in total. The lowest BCUT2D eigenvalue weighted by molar-refractivity contribution is -0.347. The summed E-state index contributed by atoms with van der Waals surface area (Å²) >= 11 is 0. The minimum Gasteiger partial charge on any atom is -0.394 e. The summed E-state index contributed by atoms with van der Waals surface area (Å²) in [4.78, 5) is 0. The molecule has 39 heavy (non-hydrogen) atoms. The van der Waals surface area contributed by atoms with Crippen LogP contribution < -0.4 is 0 Å². The molecule has 0 radical (unpaired) electrons. The summed E-state index contributed by atoms with van der Waals surface area (Å²) in [6, 6.07) is 0. The summed E-state index contributed by atoms with van der Waals surface area (Å²) in [6.07, 6.45) is -6.76. The molecular formula is C27H50O12. The Balaban J connectivity index is 1.82. The second-order valence-corrected chi connectivity index (χ2v) is 10.8. The number of unbranched alkanes of at least 4 members (excludes halogenated alkanes) is 1. The quantitative estimate of drug-likeness (QED) is 0.219. The molecule has 3 heterocycles. The second-order valence-electron chi connectivity index (χ2n) is 10.8. The van der Waals surface area contributed by atoms with E-state index in [0.717, 1.165) is 32.1 Å². The maximum absolute atomic E-state index is 11.0.